The van der Waals surface area contributed by atoms with Gasteiger partial charge in [0.1, 0.15) is 0 Å². The van der Waals surface area contributed by atoms with Gasteiger partial charge in [-0.2, -0.15) is 5.10 Å². The van der Waals surface area contributed by atoms with Crippen LogP contribution in [-0.4, -0.2) is 40.4 Å². The molecule has 0 aliphatic carbocycles. The molecular formula is C14H25BrN4. The summed E-state index contributed by atoms with van der Waals surface area (Å²) in [7, 11) is 0. The molecule has 1 saturated heterocycles. The van der Waals surface area contributed by atoms with Gasteiger partial charge in [0.05, 0.1) is 15.9 Å². The second kappa shape index (κ2) is 6.86. The summed E-state index contributed by atoms with van der Waals surface area (Å²) in [5, 5.41) is 8.18. The van der Waals surface area contributed by atoms with E-state index in [1.807, 2.05) is 0 Å². The van der Waals surface area contributed by atoms with Gasteiger partial charge < -0.3 is 5.32 Å². The highest BCUT2D eigenvalue weighted by molar-refractivity contribution is 9.10. The molecule has 19 heavy (non-hydrogen) atoms. The molecule has 1 aliphatic heterocycles. The number of piperazine rings is 1. The highest BCUT2D eigenvalue weighted by atomic mass is 79.9. The van der Waals surface area contributed by atoms with Crippen molar-refractivity contribution < 1.29 is 0 Å². The molecule has 0 radical (unpaired) electrons. The number of rotatable bonds is 5. The third kappa shape index (κ3) is 3.20. The number of aryl methyl sites for hydroxylation is 2. The minimum Gasteiger partial charge on any atom is -0.314 e. The minimum atomic E-state index is 0.644. The van der Waals surface area contributed by atoms with Crippen LogP contribution < -0.4 is 5.32 Å². The first-order valence-corrected chi connectivity index (χ1v) is 8.19. The van der Waals surface area contributed by atoms with Crippen molar-refractivity contribution in [2.45, 2.75) is 52.7 Å². The van der Waals surface area contributed by atoms with Crippen molar-refractivity contribution in [3.05, 3.63) is 15.9 Å². The first-order chi connectivity index (χ1) is 9.21. The molecule has 1 N–H and O–H groups in total. The van der Waals surface area contributed by atoms with Crippen molar-refractivity contribution in [3.8, 4) is 0 Å². The molecule has 1 fully saturated rings. The van der Waals surface area contributed by atoms with E-state index in [1.54, 1.807) is 0 Å². The fraction of sp³-hybridized carbons (Fsp3) is 0.786. The number of aromatic nitrogens is 2. The lowest BCUT2D eigenvalue weighted by molar-refractivity contribution is 0.145. The smallest absolute Gasteiger partial charge is 0.0767 e. The van der Waals surface area contributed by atoms with Gasteiger partial charge in [-0.3, -0.25) is 9.58 Å². The van der Waals surface area contributed by atoms with E-state index < -0.39 is 0 Å². The van der Waals surface area contributed by atoms with E-state index in [1.165, 1.54) is 22.3 Å². The molecule has 4 nitrogen and oxygen atoms in total. The molecule has 1 aliphatic rings. The summed E-state index contributed by atoms with van der Waals surface area (Å²) in [5.74, 6) is 0. The Morgan fingerprint density at radius 1 is 1.37 bits per heavy atom. The summed E-state index contributed by atoms with van der Waals surface area (Å²) >= 11 is 3.75. The largest absolute Gasteiger partial charge is 0.314 e. The molecule has 108 valence electrons. The molecule has 2 rings (SSSR count). The summed E-state index contributed by atoms with van der Waals surface area (Å²) in [6.45, 7) is 11.9. The number of hydrogen-bond acceptors (Lipinski definition) is 3. The van der Waals surface area contributed by atoms with Crippen LogP contribution in [0, 0.1) is 0 Å². The predicted octanol–water partition coefficient (Wildman–Crippen LogP) is 2.41. The highest BCUT2D eigenvalue weighted by Crippen LogP contribution is 2.25. The second-order valence-corrected chi connectivity index (χ2v) is 5.91. The number of nitrogens with one attached hydrogen (secondary N) is 1. The Morgan fingerprint density at radius 3 is 2.79 bits per heavy atom. The molecule has 1 unspecified atom stereocenters. The van der Waals surface area contributed by atoms with E-state index in [4.69, 9.17) is 5.10 Å². The molecule has 0 amide bonds. The average molecular weight is 329 g/mol. The zero-order valence-electron chi connectivity index (χ0n) is 12.2. The minimum absolute atomic E-state index is 0.644. The lowest BCUT2D eigenvalue weighted by Crippen LogP contribution is -2.50. The Labute approximate surface area is 124 Å². The van der Waals surface area contributed by atoms with Crippen LogP contribution in [0.5, 0.6) is 0 Å². The molecule has 5 heteroatoms. The lowest BCUT2D eigenvalue weighted by atomic mass is 10.1. The maximum absolute atomic E-state index is 4.69. The quantitative estimate of drug-likeness (QED) is 0.901. The number of hydrogen-bond donors (Lipinski definition) is 1. The Bertz CT molecular complexity index is 416. The Morgan fingerprint density at radius 2 is 2.16 bits per heavy atom. The van der Waals surface area contributed by atoms with E-state index in [9.17, 15) is 0 Å². The van der Waals surface area contributed by atoms with Crippen molar-refractivity contribution >= 4 is 15.9 Å². The zero-order chi connectivity index (χ0) is 13.8. The fourth-order valence-corrected chi connectivity index (χ4v) is 3.46. The van der Waals surface area contributed by atoms with E-state index >= 15 is 0 Å². The van der Waals surface area contributed by atoms with Gasteiger partial charge in [0, 0.05) is 38.8 Å². The molecule has 0 bridgehead atoms. The Balaban J connectivity index is 2.19. The molecule has 0 saturated carbocycles. The first kappa shape index (κ1) is 15.0. The Kier molecular flexibility index (Phi) is 5.42. The molecule has 1 aromatic rings. The number of halogens is 1. The maximum Gasteiger partial charge on any atom is 0.0767 e. The second-order valence-electron chi connectivity index (χ2n) is 5.11. The Hall–Kier alpha value is -0.390. The number of nitrogens with zero attached hydrogens (tertiary/aromatic N) is 3. The van der Waals surface area contributed by atoms with Crippen LogP contribution in [0.1, 0.15) is 38.6 Å². The van der Waals surface area contributed by atoms with Crippen LogP contribution in [0.15, 0.2) is 4.47 Å². The SMILES string of the molecule is CCc1nn(CC)c(CN2CCNCC2CC)c1Br. The van der Waals surface area contributed by atoms with Crippen LogP contribution >= 0.6 is 15.9 Å². The van der Waals surface area contributed by atoms with Crippen LogP contribution in [0.2, 0.25) is 0 Å². The summed E-state index contributed by atoms with van der Waals surface area (Å²) < 4.78 is 3.36. The topological polar surface area (TPSA) is 33.1 Å². The van der Waals surface area contributed by atoms with Gasteiger partial charge in [-0.1, -0.05) is 13.8 Å². The van der Waals surface area contributed by atoms with Gasteiger partial charge in [0.15, 0.2) is 0 Å². The van der Waals surface area contributed by atoms with Crippen molar-refractivity contribution in [1.29, 1.82) is 0 Å². The van der Waals surface area contributed by atoms with Gasteiger partial charge >= 0.3 is 0 Å². The van der Waals surface area contributed by atoms with E-state index in [-0.39, 0.29) is 0 Å². The summed E-state index contributed by atoms with van der Waals surface area (Å²) in [6, 6.07) is 0.644. The van der Waals surface area contributed by atoms with Gasteiger partial charge in [0.2, 0.25) is 0 Å². The standard InChI is InChI=1S/C14H25BrN4/c1-4-11-9-16-7-8-18(11)10-13-14(15)12(5-2)17-19(13)6-3/h11,16H,4-10H2,1-3H3. The monoisotopic (exact) mass is 328 g/mol. The predicted molar refractivity (Wildman–Crippen MR) is 82.3 cm³/mol. The summed E-state index contributed by atoms with van der Waals surface area (Å²) in [6.07, 6.45) is 2.19. The average Bonchev–Trinajstić information content (AvgIpc) is 2.76. The van der Waals surface area contributed by atoms with Crippen molar-refractivity contribution in [3.63, 3.8) is 0 Å². The fourth-order valence-electron chi connectivity index (χ4n) is 2.77. The molecule has 0 spiro atoms. The van der Waals surface area contributed by atoms with Crippen LogP contribution in [0.25, 0.3) is 0 Å². The highest BCUT2D eigenvalue weighted by Gasteiger charge is 2.23. The van der Waals surface area contributed by atoms with Crippen LogP contribution in [-0.2, 0) is 19.5 Å². The lowest BCUT2D eigenvalue weighted by Gasteiger charge is -2.35. The van der Waals surface area contributed by atoms with Gasteiger partial charge in [0.25, 0.3) is 0 Å². The molecule has 1 atom stereocenters. The van der Waals surface area contributed by atoms with Crippen LogP contribution in [0.3, 0.4) is 0 Å². The normalized spacial score (nSPS) is 20.9. The zero-order valence-corrected chi connectivity index (χ0v) is 13.8. The van der Waals surface area contributed by atoms with Gasteiger partial charge in [-0.25, -0.2) is 0 Å². The maximum atomic E-state index is 4.69. The van der Waals surface area contributed by atoms with Crippen LogP contribution in [0.4, 0.5) is 0 Å². The molecule has 1 aromatic heterocycles. The van der Waals surface area contributed by atoms with E-state index in [0.717, 1.165) is 39.1 Å². The van der Waals surface area contributed by atoms with Crippen molar-refractivity contribution in [1.82, 2.24) is 20.0 Å². The first-order valence-electron chi connectivity index (χ1n) is 7.40. The van der Waals surface area contributed by atoms with Gasteiger partial charge in [-0.05, 0) is 35.7 Å². The van der Waals surface area contributed by atoms with Gasteiger partial charge in [-0.15, -0.1) is 0 Å². The van der Waals surface area contributed by atoms with Crippen molar-refractivity contribution in [2.24, 2.45) is 0 Å². The van der Waals surface area contributed by atoms with Crippen molar-refractivity contribution in [2.75, 3.05) is 19.6 Å². The summed E-state index contributed by atoms with van der Waals surface area (Å²) in [5.41, 5.74) is 2.51. The molecular weight excluding hydrogens is 304 g/mol. The third-order valence-corrected chi connectivity index (χ3v) is 4.91. The third-order valence-electron chi connectivity index (χ3n) is 3.99. The summed E-state index contributed by atoms with van der Waals surface area (Å²) in [4.78, 5) is 2.59. The molecule has 2 heterocycles. The molecule has 0 aromatic carbocycles. The van der Waals surface area contributed by atoms with E-state index in [2.05, 4.69) is 51.6 Å². The van der Waals surface area contributed by atoms with E-state index in [0.29, 0.717) is 6.04 Å².